The molecule has 4 aromatic heterocycles. The summed E-state index contributed by atoms with van der Waals surface area (Å²) in [4.78, 5) is 16.8. The Morgan fingerprint density at radius 2 is 0.957 bits per heavy atom. The third-order valence-electron chi connectivity index (χ3n) is 8.83. The highest BCUT2D eigenvalue weighted by Gasteiger charge is 2.18. The fraction of sp³-hybridized carbons (Fsp3) is 0.200. The molecule has 6 nitrogen and oxygen atoms in total. The average Bonchev–Trinajstić information content (AvgIpc) is 3.82. The number of fused-ring (bicyclic) bond motifs is 3. The average molecular weight is 607 g/mol. The molecule has 4 heterocycles. The van der Waals surface area contributed by atoms with Crippen molar-refractivity contribution in [1.82, 2.24) is 19.9 Å². The summed E-state index contributed by atoms with van der Waals surface area (Å²) in [7, 11) is 0. The van der Waals surface area contributed by atoms with Crippen molar-refractivity contribution in [3.63, 3.8) is 0 Å². The fourth-order valence-electron chi connectivity index (χ4n) is 6.30. The largest absolute Gasteiger partial charge is 0.507 e. The van der Waals surface area contributed by atoms with Crippen LogP contribution in [0.2, 0.25) is 0 Å². The minimum Gasteiger partial charge on any atom is -0.507 e. The summed E-state index contributed by atoms with van der Waals surface area (Å²) in [5, 5.41) is 25.0. The zero-order valence-electron chi connectivity index (χ0n) is 26.3. The molecule has 7 rings (SSSR count). The standard InChI is InChI=1S/C40H38N4O2/c1-3-5-9-25-21-29(33-11-7-19-41-33)39(45)31(23-25)35-17-15-27-13-14-28-16-18-36(44-38(28)37(27)43-35)32-24-26(10-6-4-2)22-30(40(32)46)34-12-8-20-42-34/h7-8,11-24,41-42,45-46H,3-6,9-10H2,1-2H3. The highest BCUT2D eigenvalue weighted by atomic mass is 16.3. The van der Waals surface area contributed by atoms with E-state index >= 15 is 0 Å². The number of nitrogens with one attached hydrogen (secondary N) is 2. The number of aromatic hydroxyl groups is 2. The van der Waals surface area contributed by atoms with Crippen LogP contribution in [-0.4, -0.2) is 30.1 Å². The van der Waals surface area contributed by atoms with Crippen LogP contribution in [-0.2, 0) is 12.8 Å². The molecular formula is C40H38N4O2. The van der Waals surface area contributed by atoms with Crippen LogP contribution >= 0.6 is 0 Å². The predicted molar refractivity (Wildman–Crippen MR) is 188 cm³/mol. The summed E-state index contributed by atoms with van der Waals surface area (Å²) < 4.78 is 0. The smallest absolute Gasteiger partial charge is 0.134 e. The Labute approximate surface area is 268 Å². The van der Waals surface area contributed by atoms with Gasteiger partial charge in [-0.2, -0.15) is 0 Å². The Kier molecular flexibility index (Phi) is 8.02. The van der Waals surface area contributed by atoms with Gasteiger partial charge in [0.05, 0.1) is 22.4 Å². The quantitative estimate of drug-likeness (QED) is 0.116. The Bertz CT molecular complexity index is 1990. The molecule has 3 aromatic carbocycles. The molecule has 0 atom stereocenters. The molecule has 0 aliphatic carbocycles. The number of benzene rings is 3. The summed E-state index contributed by atoms with van der Waals surface area (Å²) >= 11 is 0. The maximum Gasteiger partial charge on any atom is 0.134 e. The first-order valence-electron chi connectivity index (χ1n) is 16.2. The lowest BCUT2D eigenvalue weighted by Crippen LogP contribution is -1.95. The van der Waals surface area contributed by atoms with Crippen LogP contribution < -0.4 is 0 Å². The number of rotatable bonds is 10. The fourth-order valence-corrected chi connectivity index (χ4v) is 6.30. The van der Waals surface area contributed by atoms with Crippen LogP contribution in [0, 0.1) is 0 Å². The van der Waals surface area contributed by atoms with Gasteiger partial charge < -0.3 is 20.2 Å². The van der Waals surface area contributed by atoms with Gasteiger partial charge in [0, 0.05) is 56.8 Å². The molecule has 0 fully saturated rings. The van der Waals surface area contributed by atoms with Crippen LogP contribution in [0.25, 0.3) is 66.8 Å². The summed E-state index contributed by atoms with van der Waals surface area (Å²) in [5.74, 6) is 0.406. The molecule has 0 aliphatic heterocycles. The van der Waals surface area contributed by atoms with Crippen molar-refractivity contribution in [2.24, 2.45) is 0 Å². The van der Waals surface area contributed by atoms with E-state index < -0.39 is 0 Å². The van der Waals surface area contributed by atoms with E-state index in [4.69, 9.17) is 9.97 Å². The number of H-pyrrole nitrogens is 2. The van der Waals surface area contributed by atoms with Crippen LogP contribution in [0.1, 0.15) is 50.7 Å². The number of phenols is 2. The van der Waals surface area contributed by atoms with Crippen molar-refractivity contribution in [1.29, 1.82) is 0 Å². The zero-order valence-corrected chi connectivity index (χ0v) is 26.3. The number of unbranched alkanes of at least 4 members (excludes halogenated alkanes) is 2. The van der Waals surface area contributed by atoms with E-state index in [1.165, 1.54) is 0 Å². The molecule has 6 heteroatoms. The van der Waals surface area contributed by atoms with E-state index in [1.807, 2.05) is 60.9 Å². The molecule has 0 radical (unpaired) electrons. The maximum atomic E-state index is 11.6. The molecule has 0 spiro atoms. The molecule has 0 unspecified atom stereocenters. The van der Waals surface area contributed by atoms with Crippen LogP contribution in [0.3, 0.4) is 0 Å². The minimum absolute atomic E-state index is 0.203. The van der Waals surface area contributed by atoms with Gasteiger partial charge in [0.25, 0.3) is 0 Å². The summed E-state index contributed by atoms with van der Waals surface area (Å²) in [6, 6.07) is 28.3. The summed E-state index contributed by atoms with van der Waals surface area (Å²) in [6.07, 6.45) is 9.89. The van der Waals surface area contributed by atoms with Gasteiger partial charge in [0.1, 0.15) is 11.5 Å². The molecule has 0 aliphatic rings. The molecule has 0 bridgehead atoms. The highest BCUT2D eigenvalue weighted by molar-refractivity contribution is 6.04. The first-order chi connectivity index (χ1) is 22.5. The van der Waals surface area contributed by atoms with Crippen molar-refractivity contribution >= 4 is 21.8 Å². The van der Waals surface area contributed by atoms with Crippen LogP contribution in [0.5, 0.6) is 11.5 Å². The molecule has 0 amide bonds. The van der Waals surface area contributed by atoms with Crippen LogP contribution in [0.15, 0.2) is 97.3 Å². The second-order valence-corrected chi connectivity index (χ2v) is 12.1. The first kappa shape index (κ1) is 29.4. The Balaban J connectivity index is 1.40. The van der Waals surface area contributed by atoms with Gasteiger partial charge in [-0.1, -0.05) is 51.0 Å². The zero-order chi connectivity index (χ0) is 31.6. The SMILES string of the molecule is CCCCc1cc(-c2ccc3ccc4ccc(-c5cc(CCCC)cc(-c6ccc[nH]6)c5O)nc4c3n2)c(O)c(-c2ccc[nH]2)c1. The second-order valence-electron chi connectivity index (χ2n) is 12.1. The number of aromatic nitrogens is 4. The highest BCUT2D eigenvalue weighted by Crippen LogP contribution is 2.41. The lowest BCUT2D eigenvalue weighted by Gasteiger charge is -2.14. The number of aromatic amines is 2. The van der Waals surface area contributed by atoms with Crippen molar-refractivity contribution in [2.45, 2.75) is 52.4 Å². The van der Waals surface area contributed by atoms with E-state index in [9.17, 15) is 10.2 Å². The van der Waals surface area contributed by atoms with Crippen molar-refractivity contribution in [3.8, 4) is 56.5 Å². The van der Waals surface area contributed by atoms with Crippen LogP contribution in [0.4, 0.5) is 0 Å². The molecule has 0 saturated carbocycles. The van der Waals surface area contributed by atoms with Gasteiger partial charge in [0.2, 0.25) is 0 Å². The summed E-state index contributed by atoms with van der Waals surface area (Å²) in [5.41, 5.74) is 9.88. The molecule has 0 saturated heterocycles. The lowest BCUT2D eigenvalue weighted by atomic mass is 9.96. The number of pyridine rings is 2. The number of phenolic OH excluding ortho intramolecular Hbond substituents is 2. The Hall–Kier alpha value is -5.36. The summed E-state index contributed by atoms with van der Waals surface area (Å²) in [6.45, 7) is 4.37. The number of aryl methyl sites for hydroxylation is 2. The molecule has 4 N–H and O–H groups in total. The van der Waals surface area contributed by atoms with E-state index in [0.717, 1.165) is 94.0 Å². The normalized spacial score (nSPS) is 11.5. The van der Waals surface area contributed by atoms with Gasteiger partial charge in [-0.25, -0.2) is 9.97 Å². The van der Waals surface area contributed by atoms with Gasteiger partial charge in [0.15, 0.2) is 0 Å². The van der Waals surface area contributed by atoms with Crippen molar-refractivity contribution < 1.29 is 10.2 Å². The van der Waals surface area contributed by atoms with E-state index in [1.54, 1.807) is 0 Å². The van der Waals surface area contributed by atoms with Gasteiger partial charge in [-0.05, 0) is 97.5 Å². The maximum absolute atomic E-state index is 11.6. The van der Waals surface area contributed by atoms with Crippen molar-refractivity contribution in [3.05, 3.63) is 108 Å². The topological polar surface area (TPSA) is 97.8 Å². The molecule has 46 heavy (non-hydrogen) atoms. The lowest BCUT2D eigenvalue weighted by molar-refractivity contribution is 0.478. The van der Waals surface area contributed by atoms with E-state index in [2.05, 4.69) is 60.2 Å². The number of nitrogens with zero attached hydrogens (tertiary/aromatic N) is 2. The monoisotopic (exact) mass is 606 g/mol. The predicted octanol–water partition coefficient (Wildman–Crippen LogP) is 10.2. The molecular weight excluding hydrogens is 568 g/mol. The second kappa shape index (κ2) is 12.6. The number of hydrogen-bond donors (Lipinski definition) is 4. The molecule has 230 valence electrons. The third-order valence-corrected chi connectivity index (χ3v) is 8.83. The minimum atomic E-state index is 0.203. The van der Waals surface area contributed by atoms with E-state index in [0.29, 0.717) is 22.5 Å². The number of hydrogen-bond acceptors (Lipinski definition) is 4. The van der Waals surface area contributed by atoms with Gasteiger partial charge in [-0.15, -0.1) is 0 Å². The van der Waals surface area contributed by atoms with Crippen molar-refractivity contribution in [2.75, 3.05) is 0 Å². The van der Waals surface area contributed by atoms with Gasteiger partial charge >= 0.3 is 0 Å². The Morgan fingerprint density at radius 1 is 0.543 bits per heavy atom. The first-order valence-corrected chi connectivity index (χ1v) is 16.2. The molecule has 7 aromatic rings. The van der Waals surface area contributed by atoms with E-state index in [-0.39, 0.29) is 11.5 Å². The Morgan fingerprint density at radius 3 is 1.35 bits per heavy atom. The third kappa shape index (κ3) is 5.51. The van der Waals surface area contributed by atoms with Gasteiger partial charge in [-0.3, -0.25) is 0 Å².